The van der Waals surface area contributed by atoms with E-state index in [9.17, 15) is 0 Å². The summed E-state index contributed by atoms with van der Waals surface area (Å²) in [5, 5.41) is 15.3. The van der Waals surface area contributed by atoms with E-state index in [0.717, 1.165) is 30.1 Å². The number of anilines is 3. The Morgan fingerprint density at radius 3 is 2.64 bits per heavy atom. The van der Waals surface area contributed by atoms with E-state index in [1.165, 1.54) is 11.1 Å². The first-order chi connectivity index (χ1) is 12.2. The number of halogens is 1. The molecule has 0 atom stereocenters. The van der Waals surface area contributed by atoms with Gasteiger partial charge in [-0.15, -0.1) is 5.10 Å². The topological polar surface area (TPSA) is 62.7 Å². The summed E-state index contributed by atoms with van der Waals surface area (Å²) in [6, 6.07) is 16.0. The van der Waals surface area contributed by atoms with Crippen molar-refractivity contribution in [3.63, 3.8) is 0 Å². The Morgan fingerprint density at radius 2 is 1.84 bits per heavy atom. The first-order valence-electron chi connectivity index (χ1n) is 8.27. The van der Waals surface area contributed by atoms with Crippen LogP contribution in [-0.4, -0.2) is 21.7 Å². The zero-order chi connectivity index (χ0) is 17.5. The molecule has 0 aliphatic carbocycles. The number of rotatable bonds is 7. The minimum atomic E-state index is 0.507. The third kappa shape index (κ3) is 4.90. The molecular weight excluding hydrogens is 334 g/mol. The zero-order valence-electron chi connectivity index (χ0n) is 14.0. The van der Waals surface area contributed by atoms with E-state index in [-0.39, 0.29) is 0 Å². The fourth-order valence-corrected chi connectivity index (χ4v) is 2.62. The van der Waals surface area contributed by atoms with Crippen LogP contribution in [0.2, 0.25) is 5.02 Å². The molecule has 0 radical (unpaired) electrons. The highest BCUT2D eigenvalue weighted by Gasteiger charge is 2.04. The van der Waals surface area contributed by atoms with Crippen LogP contribution in [0.5, 0.6) is 0 Å². The highest BCUT2D eigenvalue weighted by molar-refractivity contribution is 6.30. The second kappa shape index (κ2) is 8.44. The van der Waals surface area contributed by atoms with Gasteiger partial charge in [0.1, 0.15) is 0 Å². The maximum absolute atomic E-state index is 5.90. The summed E-state index contributed by atoms with van der Waals surface area (Å²) in [4.78, 5) is 4.47. The predicted octanol–water partition coefficient (Wildman–Crippen LogP) is 4.49. The molecule has 0 bridgehead atoms. The van der Waals surface area contributed by atoms with Gasteiger partial charge in [0.15, 0.2) is 5.82 Å². The van der Waals surface area contributed by atoms with E-state index < -0.39 is 0 Å². The van der Waals surface area contributed by atoms with Crippen molar-refractivity contribution in [1.29, 1.82) is 0 Å². The first kappa shape index (κ1) is 17.2. The van der Waals surface area contributed by atoms with E-state index in [2.05, 4.69) is 38.8 Å². The van der Waals surface area contributed by atoms with Crippen molar-refractivity contribution in [1.82, 2.24) is 15.2 Å². The molecule has 0 aliphatic rings. The normalized spacial score (nSPS) is 10.5. The van der Waals surface area contributed by atoms with Crippen molar-refractivity contribution in [3.8, 4) is 0 Å². The quantitative estimate of drug-likeness (QED) is 0.655. The number of para-hydroxylation sites is 1. The van der Waals surface area contributed by atoms with Crippen LogP contribution in [0.25, 0.3) is 0 Å². The largest absolute Gasteiger partial charge is 0.353 e. The Kier molecular flexibility index (Phi) is 5.80. The number of hydrogen-bond acceptors (Lipinski definition) is 5. The van der Waals surface area contributed by atoms with Gasteiger partial charge in [-0.25, -0.2) is 0 Å². The summed E-state index contributed by atoms with van der Waals surface area (Å²) >= 11 is 5.90. The average Bonchev–Trinajstić information content (AvgIpc) is 2.64. The smallest absolute Gasteiger partial charge is 0.244 e. The van der Waals surface area contributed by atoms with Crippen molar-refractivity contribution >= 4 is 29.1 Å². The van der Waals surface area contributed by atoms with Gasteiger partial charge in [0, 0.05) is 17.3 Å². The van der Waals surface area contributed by atoms with Crippen LogP contribution in [0, 0.1) is 0 Å². The molecule has 3 rings (SSSR count). The van der Waals surface area contributed by atoms with E-state index in [4.69, 9.17) is 11.6 Å². The van der Waals surface area contributed by atoms with Crippen LogP contribution >= 0.6 is 11.6 Å². The summed E-state index contributed by atoms with van der Waals surface area (Å²) in [7, 11) is 0. The SMILES string of the molecule is CCc1ccccc1Nc1cnnc(NCCc2ccc(Cl)cc2)n1. The number of hydrogen-bond donors (Lipinski definition) is 2. The Labute approximate surface area is 152 Å². The van der Waals surface area contributed by atoms with Gasteiger partial charge in [-0.2, -0.15) is 10.1 Å². The molecule has 0 saturated heterocycles. The van der Waals surface area contributed by atoms with Crippen molar-refractivity contribution in [2.75, 3.05) is 17.2 Å². The summed E-state index contributed by atoms with van der Waals surface area (Å²) in [6.45, 7) is 2.85. The molecule has 1 aromatic heterocycles. The Morgan fingerprint density at radius 1 is 1.04 bits per heavy atom. The lowest BCUT2D eigenvalue weighted by molar-refractivity contribution is 0.928. The lowest BCUT2D eigenvalue weighted by Gasteiger charge is -2.10. The Bertz CT molecular complexity index is 820. The van der Waals surface area contributed by atoms with Gasteiger partial charge in [-0.05, 0) is 42.2 Å². The van der Waals surface area contributed by atoms with Gasteiger partial charge >= 0.3 is 0 Å². The lowest BCUT2D eigenvalue weighted by Crippen LogP contribution is -2.10. The van der Waals surface area contributed by atoms with Gasteiger partial charge in [-0.1, -0.05) is 48.9 Å². The Balaban J connectivity index is 1.60. The molecule has 0 spiro atoms. The number of nitrogens with zero attached hydrogens (tertiary/aromatic N) is 3. The molecule has 128 valence electrons. The van der Waals surface area contributed by atoms with E-state index >= 15 is 0 Å². The van der Waals surface area contributed by atoms with E-state index in [0.29, 0.717) is 11.8 Å². The zero-order valence-corrected chi connectivity index (χ0v) is 14.8. The predicted molar refractivity (Wildman–Crippen MR) is 103 cm³/mol. The van der Waals surface area contributed by atoms with Crippen molar-refractivity contribution < 1.29 is 0 Å². The summed E-state index contributed by atoms with van der Waals surface area (Å²) in [6.07, 6.45) is 3.43. The van der Waals surface area contributed by atoms with Crippen LogP contribution in [0.4, 0.5) is 17.5 Å². The van der Waals surface area contributed by atoms with Crippen LogP contribution in [0.1, 0.15) is 18.1 Å². The maximum atomic E-state index is 5.90. The molecule has 5 nitrogen and oxygen atoms in total. The van der Waals surface area contributed by atoms with Crippen LogP contribution in [0.15, 0.2) is 54.7 Å². The monoisotopic (exact) mass is 353 g/mol. The van der Waals surface area contributed by atoms with Gasteiger partial charge in [-0.3, -0.25) is 0 Å². The highest BCUT2D eigenvalue weighted by atomic mass is 35.5. The number of nitrogens with one attached hydrogen (secondary N) is 2. The fraction of sp³-hybridized carbons (Fsp3) is 0.211. The third-order valence-electron chi connectivity index (χ3n) is 3.83. The van der Waals surface area contributed by atoms with Crippen LogP contribution in [0.3, 0.4) is 0 Å². The van der Waals surface area contributed by atoms with Gasteiger partial charge < -0.3 is 10.6 Å². The summed E-state index contributed by atoms with van der Waals surface area (Å²) < 4.78 is 0. The van der Waals surface area contributed by atoms with Crippen LogP contribution in [-0.2, 0) is 12.8 Å². The minimum absolute atomic E-state index is 0.507. The molecule has 25 heavy (non-hydrogen) atoms. The van der Waals surface area contributed by atoms with Crippen LogP contribution < -0.4 is 10.6 Å². The van der Waals surface area contributed by atoms with Crippen molar-refractivity contribution in [3.05, 3.63) is 70.9 Å². The molecular formula is C19H20ClN5. The van der Waals surface area contributed by atoms with Crippen molar-refractivity contribution in [2.24, 2.45) is 0 Å². The molecule has 2 N–H and O–H groups in total. The second-order valence-corrected chi connectivity index (χ2v) is 6.04. The molecule has 0 saturated carbocycles. The second-order valence-electron chi connectivity index (χ2n) is 5.60. The average molecular weight is 354 g/mol. The van der Waals surface area contributed by atoms with Crippen molar-refractivity contribution in [2.45, 2.75) is 19.8 Å². The molecule has 1 heterocycles. The number of aryl methyl sites for hydroxylation is 1. The molecule has 3 aromatic rings. The standard InChI is InChI=1S/C19H20ClN5/c1-2-15-5-3-4-6-17(15)23-18-13-22-25-19(24-18)21-12-11-14-7-9-16(20)10-8-14/h3-10,13H,2,11-12H2,1H3,(H2,21,23,24,25). The highest BCUT2D eigenvalue weighted by Crippen LogP contribution is 2.19. The van der Waals surface area contributed by atoms with Gasteiger partial charge in [0.05, 0.1) is 6.20 Å². The number of benzene rings is 2. The molecule has 0 aliphatic heterocycles. The van der Waals surface area contributed by atoms with Gasteiger partial charge in [0.25, 0.3) is 0 Å². The van der Waals surface area contributed by atoms with E-state index in [1.807, 2.05) is 42.5 Å². The summed E-state index contributed by atoms with van der Waals surface area (Å²) in [5.74, 6) is 1.18. The molecule has 0 fully saturated rings. The molecule has 2 aromatic carbocycles. The minimum Gasteiger partial charge on any atom is -0.353 e. The maximum Gasteiger partial charge on any atom is 0.244 e. The molecule has 0 amide bonds. The first-order valence-corrected chi connectivity index (χ1v) is 8.65. The summed E-state index contributed by atoms with van der Waals surface area (Å²) in [5.41, 5.74) is 3.48. The molecule has 0 unspecified atom stereocenters. The third-order valence-corrected chi connectivity index (χ3v) is 4.08. The van der Waals surface area contributed by atoms with Gasteiger partial charge in [0.2, 0.25) is 5.95 Å². The van der Waals surface area contributed by atoms with E-state index in [1.54, 1.807) is 6.20 Å². The Hall–Kier alpha value is -2.66. The molecule has 6 heteroatoms. The fourth-order valence-electron chi connectivity index (χ4n) is 2.50. The lowest BCUT2D eigenvalue weighted by atomic mass is 10.1. The number of aromatic nitrogens is 3.